The number of ether oxygens (including phenoxy) is 1. The fourth-order valence-corrected chi connectivity index (χ4v) is 5.78. The van der Waals surface area contributed by atoms with Crippen LogP contribution >= 0.6 is 23.5 Å². The van der Waals surface area contributed by atoms with Crippen LogP contribution in [0.3, 0.4) is 0 Å². The highest BCUT2D eigenvalue weighted by atomic mass is 32.2. The number of nitrogens with one attached hydrogen (secondary N) is 1. The van der Waals surface area contributed by atoms with Crippen molar-refractivity contribution in [2.45, 2.75) is 49.0 Å². The normalized spacial score (nSPS) is 13.0. The number of esters is 1. The summed E-state index contributed by atoms with van der Waals surface area (Å²) in [6, 6.07) is 17.3. The molecule has 188 valence electrons. The van der Waals surface area contributed by atoms with Gasteiger partial charge in [-0.25, -0.2) is 9.78 Å². The van der Waals surface area contributed by atoms with Crippen LogP contribution in [0.1, 0.15) is 25.8 Å². The maximum atomic E-state index is 13.1. The van der Waals surface area contributed by atoms with E-state index >= 15 is 0 Å². The number of aromatic nitrogens is 4. The molecule has 0 saturated carbocycles. The van der Waals surface area contributed by atoms with Crippen molar-refractivity contribution < 1.29 is 14.3 Å². The Morgan fingerprint density at radius 3 is 2.53 bits per heavy atom. The number of rotatable bonds is 11. The number of hydrogen-bond donors (Lipinski definition) is 1. The van der Waals surface area contributed by atoms with Crippen LogP contribution in [0.5, 0.6) is 0 Å². The quantitative estimate of drug-likeness (QED) is 0.227. The van der Waals surface area contributed by atoms with Gasteiger partial charge in [-0.2, -0.15) is 11.8 Å². The van der Waals surface area contributed by atoms with Gasteiger partial charge in [0.2, 0.25) is 11.1 Å². The van der Waals surface area contributed by atoms with Crippen molar-refractivity contribution in [2.24, 2.45) is 0 Å². The second-order valence-electron chi connectivity index (χ2n) is 8.13. The molecular weight excluding hydrogens is 494 g/mol. The minimum atomic E-state index is -0.741. The van der Waals surface area contributed by atoms with Crippen molar-refractivity contribution in [3.05, 3.63) is 60.2 Å². The molecule has 0 saturated heterocycles. The van der Waals surface area contributed by atoms with Gasteiger partial charge in [0.05, 0.1) is 17.9 Å². The second-order valence-corrected chi connectivity index (χ2v) is 10.3. The average Bonchev–Trinajstić information content (AvgIpc) is 3.24. The minimum Gasteiger partial charge on any atom is -0.467 e. The summed E-state index contributed by atoms with van der Waals surface area (Å²) in [6.45, 7) is 4.72. The second kappa shape index (κ2) is 12.2. The molecule has 4 aromatic rings. The van der Waals surface area contributed by atoms with Crippen molar-refractivity contribution >= 4 is 57.5 Å². The number of aryl methyl sites for hydroxylation is 1. The van der Waals surface area contributed by atoms with Crippen molar-refractivity contribution in [1.29, 1.82) is 0 Å². The zero-order valence-corrected chi connectivity index (χ0v) is 22.1. The largest absolute Gasteiger partial charge is 0.467 e. The summed E-state index contributed by atoms with van der Waals surface area (Å²) < 4.78 is 7.04. The van der Waals surface area contributed by atoms with Crippen LogP contribution < -0.4 is 5.32 Å². The molecule has 0 aliphatic rings. The first-order chi connectivity index (χ1) is 17.5. The predicted octanol–water partition coefficient (Wildman–Crippen LogP) is 4.46. The van der Waals surface area contributed by atoms with E-state index in [0.29, 0.717) is 17.3 Å². The molecule has 0 radical (unpaired) electrons. The topological polar surface area (TPSA) is 99.0 Å². The zero-order chi connectivity index (χ0) is 25.5. The van der Waals surface area contributed by atoms with E-state index in [0.717, 1.165) is 39.9 Å². The summed E-state index contributed by atoms with van der Waals surface area (Å²) in [7, 11) is 1.33. The van der Waals surface area contributed by atoms with Crippen LogP contribution in [0.25, 0.3) is 22.1 Å². The number of hydrogen-bond acceptors (Lipinski definition) is 8. The molecule has 36 heavy (non-hydrogen) atoms. The van der Waals surface area contributed by atoms with E-state index < -0.39 is 17.3 Å². The smallest absolute Gasteiger partial charge is 0.329 e. The summed E-state index contributed by atoms with van der Waals surface area (Å²) >= 11 is 2.82. The van der Waals surface area contributed by atoms with Gasteiger partial charge in [0.1, 0.15) is 11.6 Å². The Labute approximate surface area is 218 Å². The molecule has 8 nitrogen and oxygen atoms in total. The molecule has 4 rings (SSSR count). The SMILES string of the molecule is CCC(Sc1nnc2c3ccccc3n(CC)c2n1)C(=O)NC(CSCc1ccccc1)C(=O)OC. The molecule has 0 bridgehead atoms. The molecule has 0 fully saturated rings. The molecule has 2 atom stereocenters. The number of amides is 1. The van der Waals surface area contributed by atoms with Crippen molar-refractivity contribution in [3.8, 4) is 0 Å². The van der Waals surface area contributed by atoms with Crippen molar-refractivity contribution in [1.82, 2.24) is 25.1 Å². The molecule has 1 N–H and O–H groups in total. The molecule has 2 aromatic carbocycles. The first kappa shape index (κ1) is 26.0. The number of methoxy groups -OCH3 is 1. The Bertz CT molecular complexity index is 1350. The van der Waals surface area contributed by atoms with Gasteiger partial charge >= 0.3 is 5.97 Å². The summed E-state index contributed by atoms with van der Waals surface area (Å²) in [5.74, 6) is 0.435. The molecule has 10 heteroatoms. The number of fused-ring (bicyclic) bond motifs is 3. The van der Waals surface area contributed by atoms with Crippen LogP contribution in [-0.2, 0) is 26.6 Å². The number of carbonyl (C=O) groups excluding carboxylic acids is 2. The van der Waals surface area contributed by atoms with Crippen LogP contribution in [0, 0.1) is 0 Å². The fraction of sp³-hybridized carbons (Fsp3) is 0.346. The Balaban J connectivity index is 1.46. The third kappa shape index (κ3) is 5.82. The first-order valence-electron chi connectivity index (χ1n) is 11.8. The lowest BCUT2D eigenvalue weighted by Crippen LogP contribution is -2.46. The zero-order valence-electron chi connectivity index (χ0n) is 20.5. The Morgan fingerprint density at radius 2 is 1.81 bits per heavy atom. The summed E-state index contributed by atoms with van der Waals surface area (Å²) in [5.41, 5.74) is 3.70. The van der Waals surface area contributed by atoms with E-state index in [9.17, 15) is 9.59 Å². The number of thioether (sulfide) groups is 2. The summed E-state index contributed by atoms with van der Waals surface area (Å²) in [4.78, 5) is 30.3. The van der Waals surface area contributed by atoms with E-state index in [2.05, 4.69) is 27.0 Å². The third-order valence-corrected chi connectivity index (χ3v) is 8.10. The number of benzene rings is 2. The maximum absolute atomic E-state index is 13.1. The highest BCUT2D eigenvalue weighted by molar-refractivity contribution is 8.00. The van der Waals surface area contributed by atoms with Gasteiger partial charge < -0.3 is 14.6 Å². The lowest BCUT2D eigenvalue weighted by atomic mass is 10.2. The molecular formula is C26H29N5O3S2. The van der Waals surface area contributed by atoms with Crippen LogP contribution in [0.2, 0.25) is 0 Å². The van der Waals surface area contributed by atoms with E-state index in [1.165, 1.54) is 18.9 Å². The number of para-hydroxylation sites is 1. The standard InChI is InChI=1S/C26H29N5O3S2/c1-4-21(24(32)27-19(25(33)34-3)16-35-15-17-11-7-6-8-12-17)36-26-28-23-22(29-30-26)18-13-9-10-14-20(18)31(23)5-2/h6-14,19,21H,4-5,15-16H2,1-3H3,(H,27,32). The van der Waals surface area contributed by atoms with Gasteiger partial charge in [-0.1, -0.05) is 67.2 Å². The van der Waals surface area contributed by atoms with Crippen molar-refractivity contribution in [2.75, 3.05) is 12.9 Å². The van der Waals surface area contributed by atoms with Gasteiger partial charge in [-0.05, 0) is 25.0 Å². The average molecular weight is 524 g/mol. The molecule has 1 amide bonds. The van der Waals surface area contributed by atoms with Crippen LogP contribution in [0.15, 0.2) is 59.8 Å². The van der Waals surface area contributed by atoms with Gasteiger partial charge in [-0.3, -0.25) is 4.79 Å². The third-order valence-electron chi connectivity index (χ3n) is 5.78. The molecule has 0 aliphatic heterocycles. The molecule has 0 spiro atoms. The first-order valence-corrected chi connectivity index (χ1v) is 13.9. The molecule has 2 heterocycles. The number of nitrogens with zero attached hydrogens (tertiary/aromatic N) is 4. The van der Waals surface area contributed by atoms with Gasteiger partial charge in [-0.15, -0.1) is 10.2 Å². The monoisotopic (exact) mass is 523 g/mol. The maximum Gasteiger partial charge on any atom is 0.329 e. The molecule has 2 unspecified atom stereocenters. The van der Waals surface area contributed by atoms with E-state index in [1.807, 2.05) is 61.5 Å². The molecule has 0 aliphatic carbocycles. The summed E-state index contributed by atoms with van der Waals surface area (Å²) in [5, 5.41) is 12.6. The van der Waals surface area contributed by atoms with E-state index in [-0.39, 0.29) is 5.91 Å². The van der Waals surface area contributed by atoms with Crippen LogP contribution in [0.4, 0.5) is 0 Å². The fourth-order valence-electron chi connectivity index (χ4n) is 3.95. The summed E-state index contributed by atoms with van der Waals surface area (Å²) in [6.07, 6.45) is 0.541. The van der Waals surface area contributed by atoms with Crippen LogP contribution in [-0.4, -0.2) is 55.8 Å². The highest BCUT2D eigenvalue weighted by Crippen LogP contribution is 2.29. The molecule has 2 aromatic heterocycles. The van der Waals surface area contributed by atoms with Crippen molar-refractivity contribution in [3.63, 3.8) is 0 Å². The Kier molecular flexibility index (Phi) is 8.82. The Morgan fingerprint density at radius 1 is 1.06 bits per heavy atom. The van der Waals surface area contributed by atoms with E-state index in [4.69, 9.17) is 9.72 Å². The number of carbonyl (C=O) groups is 2. The van der Waals surface area contributed by atoms with E-state index in [1.54, 1.807) is 11.8 Å². The lowest BCUT2D eigenvalue weighted by Gasteiger charge is -2.19. The highest BCUT2D eigenvalue weighted by Gasteiger charge is 2.27. The predicted molar refractivity (Wildman–Crippen MR) is 145 cm³/mol. The van der Waals surface area contributed by atoms with Gasteiger partial charge in [0, 0.05) is 23.4 Å². The van der Waals surface area contributed by atoms with Gasteiger partial charge in [0.25, 0.3) is 0 Å². The Hall–Kier alpha value is -3.11. The van der Waals surface area contributed by atoms with Gasteiger partial charge in [0.15, 0.2) is 5.65 Å². The lowest BCUT2D eigenvalue weighted by molar-refractivity contribution is -0.144. The minimum absolute atomic E-state index is 0.252.